The Labute approximate surface area is 197 Å². The molecule has 0 amide bonds. The maximum atomic E-state index is 11.4. The molecule has 6 nitrogen and oxygen atoms in total. The van der Waals surface area contributed by atoms with Crippen LogP contribution < -0.4 is 15.4 Å². The fourth-order valence-electron chi connectivity index (χ4n) is 2.71. The summed E-state index contributed by atoms with van der Waals surface area (Å²) in [5.74, 6) is 1.66. The molecule has 0 aliphatic heterocycles. The quantitative estimate of drug-likeness (QED) is 0.270. The molecule has 166 valence electrons. The second kappa shape index (κ2) is 13.5. The van der Waals surface area contributed by atoms with Crippen LogP contribution in [0.15, 0.2) is 59.6 Å². The smallest absolute Gasteiger partial charge is 0.191 e. The summed E-state index contributed by atoms with van der Waals surface area (Å²) in [4.78, 5) is 4.67. The number of guanidine groups is 1. The van der Waals surface area contributed by atoms with E-state index >= 15 is 0 Å². The van der Waals surface area contributed by atoms with Crippen molar-refractivity contribution in [2.45, 2.75) is 39.5 Å². The van der Waals surface area contributed by atoms with Crippen LogP contribution in [0.1, 0.15) is 31.4 Å². The maximum absolute atomic E-state index is 11.4. The Morgan fingerprint density at radius 2 is 1.70 bits per heavy atom. The zero-order valence-corrected chi connectivity index (χ0v) is 20.9. The van der Waals surface area contributed by atoms with Crippen LogP contribution in [0.5, 0.6) is 5.75 Å². The van der Waals surface area contributed by atoms with Crippen LogP contribution in [0, 0.1) is 0 Å². The van der Waals surface area contributed by atoms with Crippen LogP contribution in [0.2, 0.25) is 0 Å². The number of rotatable bonds is 10. The summed E-state index contributed by atoms with van der Waals surface area (Å²) in [7, 11) is -2.97. The van der Waals surface area contributed by atoms with Gasteiger partial charge < -0.3 is 15.4 Å². The summed E-state index contributed by atoms with van der Waals surface area (Å²) >= 11 is 0. The van der Waals surface area contributed by atoms with Crippen molar-refractivity contribution in [3.05, 3.63) is 65.7 Å². The maximum Gasteiger partial charge on any atom is 0.191 e. The average molecular weight is 545 g/mol. The number of hydrogen-bond acceptors (Lipinski definition) is 4. The summed E-state index contributed by atoms with van der Waals surface area (Å²) < 4.78 is 28.6. The number of benzene rings is 2. The van der Waals surface area contributed by atoms with E-state index in [-0.39, 0.29) is 35.8 Å². The van der Waals surface area contributed by atoms with E-state index in [2.05, 4.69) is 15.6 Å². The van der Waals surface area contributed by atoms with Gasteiger partial charge in [0.1, 0.15) is 22.2 Å². The third-order valence-electron chi connectivity index (χ3n) is 4.31. The van der Waals surface area contributed by atoms with Crippen molar-refractivity contribution in [3.8, 4) is 5.75 Å². The highest BCUT2D eigenvalue weighted by Gasteiger charge is 2.10. The lowest BCUT2D eigenvalue weighted by Crippen LogP contribution is -2.42. The van der Waals surface area contributed by atoms with E-state index < -0.39 is 9.84 Å². The lowest BCUT2D eigenvalue weighted by atomic mass is 10.1. The third-order valence-corrected chi connectivity index (χ3v) is 5.29. The molecule has 2 aromatic rings. The molecule has 30 heavy (non-hydrogen) atoms. The summed E-state index contributed by atoms with van der Waals surface area (Å²) in [6, 6.07) is 17.8. The fourth-order valence-corrected chi connectivity index (χ4v) is 3.49. The van der Waals surface area contributed by atoms with Crippen molar-refractivity contribution >= 4 is 39.8 Å². The first-order chi connectivity index (χ1) is 13.9. The molecular formula is C22H32IN3O3S. The minimum absolute atomic E-state index is 0. The van der Waals surface area contributed by atoms with Crippen molar-refractivity contribution in [3.63, 3.8) is 0 Å². The molecule has 1 atom stereocenters. The van der Waals surface area contributed by atoms with Crippen molar-refractivity contribution < 1.29 is 13.2 Å². The Kier molecular flexibility index (Phi) is 11.8. The highest BCUT2D eigenvalue weighted by atomic mass is 127. The van der Waals surface area contributed by atoms with E-state index in [4.69, 9.17) is 4.74 Å². The Balaban J connectivity index is 0.00000450. The van der Waals surface area contributed by atoms with Crippen LogP contribution in [0.3, 0.4) is 0 Å². The fraction of sp³-hybridized carbons (Fsp3) is 0.409. The molecule has 2 rings (SSSR count). The Morgan fingerprint density at radius 1 is 1.07 bits per heavy atom. The van der Waals surface area contributed by atoms with Gasteiger partial charge in [0, 0.05) is 18.8 Å². The van der Waals surface area contributed by atoms with E-state index in [9.17, 15) is 8.42 Å². The van der Waals surface area contributed by atoms with Crippen LogP contribution >= 0.6 is 24.0 Å². The van der Waals surface area contributed by atoms with E-state index in [1.807, 2.05) is 68.4 Å². The van der Waals surface area contributed by atoms with Gasteiger partial charge in [0.2, 0.25) is 0 Å². The van der Waals surface area contributed by atoms with Crippen LogP contribution in [0.25, 0.3) is 0 Å². The molecule has 0 bridgehead atoms. The van der Waals surface area contributed by atoms with Gasteiger partial charge in [0.25, 0.3) is 0 Å². The average Bonchev–Trinajstić information content (AvgIpc) is 2.70. The zero-order chi connectivity index (χ0) is 21.1. The van der Waals surface area contributed by atoms with E-state index in [1.54, 1.807) is 0 Å². The number of hydrogen-bond donors (Lipinski definition) is 2. The Morgan fingerprint density at radius 3 is 2.33 bits per heavy atom. The SMILES string of the molecule is CCNC(=NCc1ccccc1COc1ccccc1)NC(C)CCS(C)(=O)=O.I. The first-order valence-corrected chi connectivity index (χ1v) is 11.9. The molecule has 2 N–H and O–H groups in total. The van der Waals surface area contributed by atoms with Gasteiger partial charge in [-0.05, 0) is 43.5 Å². The largest absolute Gasteiger partial charge is 0.489 e. The molecule has 0 fully saturated rings. The number of nitrogens with zero attached hydrogens (tertiary/aromatic N) is 1. The molecule has 0 aromatic heterocycles. The van der Waals surface area contributed by atoms with Crippen molar-refractivity contribution in [2.24, 2.45) is 4.99 Å². The van der Waals surface area contributed by atoms with Gasteiger partial charge in [-0.25, -0.2) is 13.4 Å². The third kappa shape index (κ3) is 10.3. The van der Waals surface area contributed by atoms with Gasteiger partial charge in [0.15, 0.2) is 5.96 Å². The molecule has 0 spiro atoms. The molecule has 0 saturated carbocycles. The number of sulfone groups is 1. The normalized spacial score (nSPS) is 12.6. The predicted octanol–water partition coefficient (Wildman–Crippen LogP) is 3.76. The highest BCUT2D eigenvalue weighted by Crippen LogP contribution is 2.15. The van der Waals surface area contributed by atoms with E-state index in [1.165, 1.54) is 6.26 Å². The van der Waals surface area contributed by atoms with Crippen LogP contribution in [0.4, 0.5) is 0 Å². The van der Waals surface area contributed by atoms with Gasteiger partial charge in [-0.3, -0.25) is 0 Å². The Bertz CT molecular complexity index is 890. The molecule has 0 radical (unpaired) electrons. The van der Waals surface area contributed by atoms with Gasteiger partial charge in [-0.2, -0.15) is 0 Å². The topological polar surface area (TPSA) is 79.8 Å². The summed E-state index contributed by atoms with van der Waals surface area (Å²) in [5.41, 5.74) is 2.17. The summed E-state index contributed by atoms with van der Waals surface area (Å²) in [6.07, 6.45) is 1.79. The van der Waals surface area contributed by atoms with Gasteiger partial charge in [-0.15, -0.1) is 24.0 Å². The van der Waals surface area contributed by atoms with E-state index in [0.29, 0.717) is 25.5 Å². The van der Waals surface area contributed by atoms with E-state index in [0.717, 1.165) is 23.4 Å². The summed E-state index contributed by atoms with van der Waals surface area (Å²) in [5, 5.41) is 6.50. The minimum Gasteiger partial charge on any atom is -0.489 e. The minimum atomic E-state index is -2.97. The molecule has 0 aliphatic rings. The number of halogens is 1. The lowest BCUT2D eigenvalue weighted by Gasteiger charge is -2.18. The van der Waals surface area contributed by atoms with Crippen LogP contribution in [-0.2, 0) is 23.0 Å². The number of ether oxygens (including phenoxy) is 1. The van der Waals surface area contributed by atoms with Gasteiger partial charge in [-0.1, -0.05) is 42.5 Å². The zero-order valence-electron chi connectivity index (χ0n) is 17.8. The molecule has 0 aliphatic carbocycles. The monoisotopic (exact) mass is 545 g/mol. The highest BCUT2D eigenvalue weighted by molar-refractivity contribution is 14.0. The van der Waals surface area contributed by atoms with Crippen molar-refractivity contribution in [1.29, 1.82) is 0 Å². The number of nitrogens with one attached hydrogen (secondary N) is 2. The molecular weight excluding hydrogens is 513 g/mol. The van der Waals surface area contributed by atoms with Gasteiger partial charge in [0.05, 0.1) is 12.3 Å². The summed E-state index contributed by atoms with van der Waals surface area (Å²) in [6.45, 7) is 5.66. The molecule has 8 heteroatoms. The standard InChI is InChI=1S/C22H31N3O3S.HI/c1-4-23-22(25-18(2)14-15-29(3,26)27)24-16-19-10-8-9-11-20(19)17-28-21-12-6-5-7-13-21;/h5-13,18H,4,14-17H2,1-3H3,(H2,23,24,25);1H. The van der Waals surface area contributed by atoms with Crippen molar-refractivity contribution in [2.75, 3.05) is 18.6 Å². The number of aliphatic imine (C=N–C) groups is 1. The second-order valence-electron chi connectivity index (χ2n) is 7.03. The lowest BCUT2D eigenvalue weighted by molar-refractivity contribution is 0.305. The molecule has 0 saturated heterocycles. The molecule has 0 heterocycles. The second-order valence-corrected chi connectivity index (χ2v) is 9.29. The number of para-hydroxylation sites is 1. The van der Waals surface area contributed by atoms with Gasteiger partial charge >= 0.3 is 0 Å². The Hall–Kier alpha value is -1.81. The first kappa shape index (κ1) is 26.2. The molecule has 1 unspecified atom stereocenters. The predicted molar refractivity (Wildman–Crippen MR) is 134 cm³/mol. The van der Waals surface area contributed by atoms with Crippen molar-refractivity contribution in [1.82, 2.24) is 10.6 Å². The molecule has 2 aromatic carbocycles. The van der Waals surface area contributed by atoms with Crippen LogP contribution in [-0.4, -0.2) is 39.0 Å². The first-order valence-electron chi connectivity index (χ1n) is 9.84.